The number of hydrogen-bond acceptors (Lipinski definition) is 3. The summed E-state index contributed by atoms with van der Waals surface area (Å²) in [5.74, 6) is 0.138. The van der Waals surface area contributed by atoms with Crippen molar-refractivity contribution in [3.05, 3.63) is 24.5 Å². The van der Waals surface area contributed by atoms with Gasteiger partial charge in [0.2, 0.25) is 5.91 Å². The van der Waals surface area contributed by atoms with Gasteiger partial charge in [-0.15, -0.1) is 0 Å². The molecule has 1 aliphatic heterocycles. The quantitative estimate of drug-likeness (QED) is 0.776. The average molecular weight is 205 g/mol. The summed E-state index contributed by atoms with van der Waals surface area (Å²) < 4.78 is 0. The molecule has 15 heavy (non-hydrogen) atoms. The molecule has 1 aliphatic rings. The van der Waals surface area contributed by atoms with E-state index in [2.05, 4.69) is 10.3 Å². The van der Waals surface area contributed by atoms with Crippen LogP contribution in [0.2, 0.25) is 0 Å². The van der Waals surface area contributed by atoms with Crippen molar-refractivity contribution < 1.29 is 4.79 Å². The Hall–Kier alpha value is -1.42. The minimum absolute atomic E-state index is 0.0110. The number of carbonyl (C=O) groups is 1. The first-order valence-corrected chi connectivity index (χ1v) is 5.20. The fraction of sp³-hybridized carbons (Fsp3) is 0.455. The Kier molecular flexibility index (Phi) is 2.97. The predicted molar refractivity (Wildman–Crippen MR) is 58.7 cm³/mol. The summed E-state index contributed by atoms with van der Waals surface area (Å²) in [5, 5.41) is 3.20. The zero-order valence-electron chi connectivity index (χ0n) is 8.81. The van der Waals surface area contributed by atoms with E-state index in [1.165, 1.54) is 0 Å². The molecule has 0 aliphatic carbocycles. The lowest BCUT2D eigenvalue weighted by Gasteiger charge is -2.20. The molecule has 2 rings (SSSR count). The van der Waals surface area contributed by atoms with Crippen LogP contribution in [0.4, 0.5) is 5.69 Å². The molecule has 1 N–H and O–H groups in total. The lowest BCUT2D eigenvalue weighted by Crippen LogP contribution is -2.41. The molecule has 1 saturated heterocycles. The third-order valence-electron chi connectivity index (χ3n) is 2.74. The Morgan fingerprint density at radius 3 is 2.87 bits per heavy atom. The first kappa shape index (κ1) is 10.1. The highest BCUT2D eigenvalue weighted by atomic mass is 16.2. The van der Waals surface area contributed by atoms with E-state index in [0.29, 0.717) is 0 Å². The molecule has 0 aromatic carbocycles. The van der Waals surface area contributed by atoms with Crippen LogP contribution in [0.25, 0.3) is 0 Å². The summed E-state index contributed by atoms with van der Waals surface area (Å²) >= 11 is 0. The van der Waals surface area contributed by atoms with Crippen LogP contribution in [0.3, 0.4) is 0 Å². The highest BCUT2D eigenvalue weighted by Gasteiger charge is 2.25. The molecule has 80 valence electrons. The minimum Gasteiger partial charge on any atom is -0.314 e. The fourth-order valence-corrected chi connectivity index (χ4v) is 1.82. The number of anilines is 1. The Morgan fingerprint density at radius 1 is 1.53 bits per heavy atom. The second-order valence-corrected chi connectivity index (χ2v) is 3.75. The van der Waals surface area contributed by atoms with E-state index in [0.717, 1.165) is 25.1 Å². The van der Waals surface area contributed by atoms with Gasteiger partial charge in [0.1, 0.15) is 0 Å². The number of nitrogens with zero attached hydrogens (tertiary/aromatic N) is 2. The van der Waals surface area contributed by atoms with Gasteiger partial charge in [-0.25, -0.2) is 0 Å². The van der Waals surface area contributed by atoms with Crippen LogP contribution in [0.15, 0.2) is 24.5 Å². The maximum atomic E-state index is 12.0. The topological polar surface area (TPSA) is 45.2 Å². The summed E-state index contributed by atoms with van der Waals surface area (Å²) in [6.07, 6.45) is 5.41. The second-order valence-electron chi connectivity index (χ2n) is 3.75. The number of rotatable bonds is 2. The number of aromatic nitrogens is 1. The second kappa shape index (κ2) is 4.40. The molecule has 0 saturated carbocycles. The third kappa shape index (κ3) is 2.15. The van der Waals surface area contributed by atoms with Gasteiger partial charge < -0.3 is 10.2 Å². The molecule has 4 nitrogen and oxygen atoms in total. The monoisotopic (exact) mass is 205 g/mol. The van der Waals surface area contributed by atoms with Crippen LogP contribution < -0.4 is 10.2 Å². The van der Waals surface area contributed by atoms with Crippen LogP contribution in [0, 0.1) is 0 Å². The zero-order valence-corrected chi connectivity index (χ0v) is 8.81. The van der Waals surface area contributed by atoms with Crippen LogP contribution in [0.5, 0.6) is 0 Å². The maximum Gasteiger partial charge on any atom is 0.243 e. The van der Waals surface area contributed by atoms with Gasteiger partial charge in [0.05, 0.1) is 6.04 Å². The minimum atomic E-state index is -0.0110. The molecule has 0 unspecified atom stereocenters. The molecule has 1 amide bonds. The summed E-state index contributed by atoms with van der Waals surface area (Å²) in [7, 11) is 1.80. The molecule has 1 aromatic heterocycles. The fourth-order valence-electron chi connectivity index (χ4n) is 1.82. The smallest absolute Gasteiger partial charge is 0.243 e. The highest BCUT2D eigenvalue weighted by Crippen LogP contribution is 2.14. The SMILES string of the molecule is CN(C(=O)[C@H]1CCCN1)c1ccncc1. The van der Waals surface area contributed by atoms with Gasteiger partial charge in [-0.05, 0) is 31.5 Å². The zero-order chi connectivity index (χ0) is 10.7. The first-order valence-electron chi connectivity index (χ1n) is 5.20. The van der Waals surface area contributed by atoms with Crippen molar-refractivity contribution in [2.75, 3.05) is 18.5 Å². The summed E-state index contributed by atoms with van der Waals surface area (Å²) in [5.41, 5.74) is 0.892. The van der Waals surface area contributed by atoms with E-state index < -0.39 is 0 Å². The first-order chi connectivity index (χ1) is 7.29. The van der Waals surface area contributed by atoms with E-state index >= 15 is 0 Å². The van der Waals surface area contributed by atoms with Crippen LogP contribution in [0.1, 0.15) is 12.8 Å². The van der Waals surface area contributed by atoms with Gasteiger partial charge in [-0.3, -0.25) is 9.78 Å². The molecule has 1 fully saturated rings. The summed E-state index contributed by atoms with van der Waals surface area (Å²) in [6, 6.07) is 3.67. The lowest BCUT2D eigenvalue weighted by molar-refractivity contribution is -0.119. The Bertz CT molecular complexity index is 333. The maximum absolute atomic E-state index is 12.0. The van der Waals surface area contributed by atoms with Gasteiger partial charge in [0, 0.05) is 25.1 Å². The van der Waals surface area contributed by atoms with Crippen LogP contribution >= 0.6 is 0 Å². The molecule has 0 spiro atoms. The van der Waals surface area contributed by atoms with E-state index in [1.54, 1.807) is 24.3 Å². The van der Waals surface area contributed by atoms with Gasteiger partial charge in [0.25, 0.3) is 0 Å². The van der Waals surface area contributed by atoms with Gasteiger partial charge in [-0.1, -0.05) is 0 Å². The summed E-state index contributed by atoms with van der Waals surface area (Å²) in [6.45, 7) is 0.945. The number of hydrogen-bond donors (Lipinski definition) is 1. The molecule has 2 heterocycles. The largest absolute Gasteiger partial charge is 0.314 e. The Morgan fingerprint density at radius 2 is 2.27 bits per heavy atom. The van der Waals surface area contributed by atoms with E-state index in [-0.39, 0.29) is 11.9 Å². The van der Waals surface area contributed by atoms with Crippen LogP contribution in [-0.2, 0) is 4.79 Å². The number of likely N-dealkylation sites (N-methyl/N-ethyl adjacent to an activating group) is 1. The standard InChI is InChI=1S/C11H15N3O/c1-14(9-4-7-12-8-5-9)11(15)10-3-2-6-13-10/h4-5,7-8,10,13H,2-3,6H2,1H3/t10-/m1/s1. The average Bonchev–Trinajstić information content (AvgIpc) is 2.82. The molecule has 0 radical (unpaired) electrons. The van der Waals surface area contributed by atoms with Gasteiger partial charge in [-0.2, -0.15) is 0 Å². The highest BCUT2D eigenvalue weighted by molar-refractivity contribution is 5.96. The van der Waals surface area contributed by atoms with Crippen molar-refractivity contribution in [2.45, 2.75) is 18.9 Å². The lowest BCUT2D eigenvalue weighted by atomic mass is 10.2. The molecule has 4 heteroatoms. The Balaban J connectivity index is 2.07. The van der Waals surface area contributed by atoms with Crippen molar-refractivity contribution in [3.63, 3.8) is 0 Å². The number of nitrogens with one attached hydrogen (secondary N) is 1. The van der Waals surface area contributed by atoms with E-state index in [9.17, 15) is 4.79 Å². The normalized spacial score (nSPS) is 20.2. The van der Waals surface area contributed by atoms with Crippen molar-refractivity contribution in [2.24, 2.45) is 0 Å². The molecule has 1 atom stereocenters. The molecule has 1 aromatic rings. The third-order valence-corrected chi connectivity index (χ3v) is 2.74. The van der Waals surface area contributed by atoms with Crippen molar-refractivity contribution in [3.8, 4) is 0 Å². The van der Waals surface area contributed by atoms with Crippen molar-refractivity contribution >= 4 is 11.6 Å². The van der Waals surface area contributed by atoms with Crippen molar-refractivity contribution in [1.82, 2.24) is 10.3 Å². The van der Waals surface area contributed by atoms with E-state index in [4.69, 9.17) is 0 Å². The molecule has 0 bridgehead atoms. The van der Waals surface area contributed by atoms with Gasteiger partial charge in [0.15, 0.2) is 0 Å². The predicted octanol–water partition coefficient (Wildman–Crippen LogP) is 0.796. The number of pyridine rings is 1. The van der Waals surface area contributed by atoms with Crippen LogP contribution in [-0.4, -0.2) is 30.5 Å². The molecular weight excluding hydrogens is 190 g/mol. The summed E-state index contributed by atoms with van der Waals surface area (Å²) in [4.78, 5) is 17.6. The molecular formula is C11H15N3O. The number of amides is 1. The van der Waals surface area contributed by atoms with Gasteiger partial charge >= 0.3 is 0 Å². The van der Waals surface area contributed by atoms with E-state index in [1.807, 2.05) is 12.1 Å². The Labute approximate surface area is 89.3 Å². The van der Waals surface area contributed by atoms with Crippen molar-refractivity contribution in [1.29, 1.82) is 0 Å². The number of carbonyl (C=O) groups excluding carboxylic acids is 1.